The number of hydrogen-bond donors (Lipinski definition) is 4. The van der Waals surface area contributed by atoms with Crippen LogP contribution in [0.2, 0.25) is 0 Å². The van der Waals surface area contributed by atoms with Gasteiger partial charge >= 0.3 is 0 Å². The third-order valence-electron chi connectivity index (χ3n) is 5.53. The van der Waals surface area contributed by atoms with E-state index in [1.807, 2.05) is 18.7 Å². The van der Waals surface area contributed by atoms with E-state index in [0.717, 1.165) is 19.3 Å². The lowest BCUT2D eigenvalue weighted by Gasteiger charge is -2.33. The smallest absolute Gasteiger partial charge is 0.246 e. The van der Waals surface area contributed by atoms with Crippen LogP contribution in [-0.4, -0.2) is 71.0 Å². The molecule has 0 radical (unpaired) electrons. The van der Waals surface area contributed by atoms with Crippen LogP contribution in [0.15, 0.2) is 12.0 Å². The van der Waals surface area contributed by atoms with E-state index < -0.39 is 17.1 Å². The lowest BCUT2D eigenvalue weighted by molar-refractivity contribution is -0.171. The van der Waals surface area contributed by atoms with E-state index in [1.165, 1.54) is 6.08 Å². The van der Waals surface area contributed by atoms with Gasteiger partial charge in [-0.2, -0.15) is 0 Å². The van der Waals surface area contributed by atoms with Gasteiger partial charge in [-0.05, 0) is 39.5 Å². The first-order chi connectivity index (χ1) is 13.0. The van der Waals surface area contributed by atoms with Crippen molar-refractivity contribution in [1.29, 1.82) is 5.41 Å². The molecule has 28 heavy (non-hydrogen) atoms. The number of allylic oxidation sites excluding steroid dienone is 1. The molecule has 8 heteroatoms. The predicted molar refractivity (Wildman–Crippen MR) is 106 cm³/mol. The second kappa shape index (κ2) is 9.35. The van der Waals surface area contributed by atoms with E-state index in [0.29, 0.717) is 26.1 Å². The number of carbonyl (C=O) groups is 1. The normalized spacial score (nSPS) is 25.0. The second-order valence-corrected chi connectivity index (χ2v) is 8.84. The van der Waals surface area contributed by atoms with Gasteiger partial charge in [-0.1, -0.05) is 13.8 Å². The highest BCUT2D eigenvalue weighted by molar-refractivity contribution is 5.98. The molecule has 2 saturated heterocycles. The molecule has 4 N–H and O–H groups in total. The zero-order chi connectivity index (χ0) is 20.9. The zero-order valence-electron chi connectivity index (χ0n) is 17.5. The van der Waals surface area contributed by atoms with Crippen LogP contribution in [0.25, 0.3) is 0 Å². The van der Waals surface area contributed by atoms with Gasteiger partial charge in [0.25, 0.3) is 0 Å². The molecule has 0 aromatic rings. The Kier molecular flexibility index (Phi) is 7.61. The minimum Gasteiger partial charge on any atom is -0.494 e. The molecule has 0 saturated carbocycles. The topological polar surface area (TPSA) is 115 Å². The number of amides is 1. The van der Waals surface area contributed by atoms with Crippen molar-refractivity contribution in [3.8, 4) is 0 Å². The summed E-state index contributed by atoms with van der Waals surface area (Å²) < 4.78 is 11.3. The molecule has 2 aliphatic heterocycles. The highest BCUT2D eigenvalue weighted by Gasteiger charge is 2.39. The van der Waals surface area contributed by atoms with Crippen LogP contribution >= 0.6 is 0 Å². The van der Waals surface area contributed by atoms with Gasteiger partial charge in [-0.3, -0.25) is 15.0 Å². The third-order valence-corrected chi connectivity index (χ3v) is 5.53. The molecule has 0 aliphatic carbocycles. The highest BCUT2D eigenvalue weighted by atomic mass is 16.7. The van der Waals surface area contributed by atoms with Gasteiger partial charge in [-0.15, -0.1) is 0 Å². The quantitative estimate of drug-likeness (QED) is 0.367. The van der Waals surface area contributed by atoms with Crippen molar-refractivity contribution < 1.29 is 24.5 Å². The number of hydrogen-bond acceptors (Lipinski definition) is 7. The SMILES string of the molecule is CC(C)(COC1CCCCO1)C(=N)/C=C(\O)NC(=O)C(C)(C)N1CC[C@H](O)C1. The summed E-state index contributed by atoms with van der Waals surface area (Å²) in [6.45, 7) is 9.22. The van der Waals surface area contributed by atoms with Crippen LogP contribution in [0.5, 0.6) is 0 Å². The monoisotopic (exact) mass is 397 g/mol. The Morgan fingerprint density at radius 3 is 2.61 bits per heavy atom. The lowest BCUT2D eigenvalue weighted by Crippen LogP contribution is -2.54. The number of likely N-dealkylation sites (tertiary alicyclic amines) is 1. The molecule has 1 amide bonds. The van der Waals surface area contributed by atoms with Crippen molar-refractivity contribution in [2.45, 2.75) is 71.3 Å². The van der Waals surface area contributed by atoms with Gasteiger partial charge in [-0.25, -0.2) is 0 Å². The number of β-amino-alcohol motifs (C(OH)–C–C–N with tert-alkyl or cyclic N) is 1. The molecule has 0 aromatic heterocycles. The molecule has 2 fully saturated rings. The van der Waals surface area contributed by atoms with E-state index >= 15 is 0 Å². The average molecular weight is 398 g/mol. The summed E-state index contributed by atoms with van der Waals surface area (Å²) in [6.07, 6.45) is 4.16. The van der Waals surface area contributed by atoms with Crippen molar-refractivity contribution in [3.05, 3.63) is 12.0 Å². The van der Waals surface area contributed by atoms with Crippen LogP contribution in [-0.2, 0) is 14.3 Å². The molecule has 0 aromatic carbocycles. The summed E-state index contributed by atoms with van der Waals surface area (Å²) in [5, 5.41) is 30.6. The zero-order valence-corrected chi connectivity index (χ0v) is 17.5. The van der Waals surface area contributed by atoms with Crippen LogP contribution in [0, 0.1) is 10.8 Å². The maximum Gasteiger partial charge on any atom is 0.246 e. The van der Waals surface area contributed by atoms with Gasteiger partial charge in [0.05, 0.1) is 18.2 Å². The van der Waals surface area contributed by atoms with Crippen molar-refractivity contribution >= 4 is 11.6 Å². The molecule has 8 nitrogen and oxygen atoms in total. The number of carbonyl (C=O) groups excluding carboxylic acids is 1. The number of aliphatic hydroxyl groups is 2. The Labute approximate surface area is 167 Å². The van der Waals surface area contributed by atoms with Crippen molar-refractivity contribution in [2.24, 2.45) is 5.41 Å². The first kappa shape index (κ1) is 22.8. The Morgan fingerprint density at radius 2 is 2.04 bits per heavy atom. The molecule has 2 rings (SSSR count). The molecule has 2 heterocycles. The number of nitrogens with zero attached hydrogens (tertiary/aromatic N) is 1. The van der Waals surface area contributed by atoms with Gasteiger partial charge in [0.1, 0.15) is 0 Å². The fourth-order valence-corrected chi connectivity index (χ4v) is 3.25. The molecule has 1 unspecified atom stereocenters. The number of rotatable bonds is 8. The highest BCUT2D eigenvalue weighted by Crippen LogP contribution is 2.24. The summed E-state index contributed by atoms with van der Waals surface area (Å²) >= 11 is 0. The summed E-state index contributed by atoms with van der Waals surface area (Å²) in [7, 11) is 0. The first-order valence-electron chi connectivity index (χ1n) is 10.00. The van der Waals surface area contributed by atoms with E-state index in [-0.39, 0.29) is 30.4 Å². The Balaban J connectivity index is 1.89. The predicted octanol–water partition coefficient (Wildman–Crippen LogP) is 1.94. The van der Waals surface area contributed by atoms with Crippen molar-refractivity contribution in [3.63, 3.8) is 0 Å². The molecule has 0 spiro atoms. The summed E-state index contributed by atoms with van der Waals surface area (Å²) in [4.78, 5) is 14.5. The van der Waals surface area contributed by atoms with E-state index in [9.17, 15) is 15.0 Å². The van der Waals surface area contributed by atoms with E-state index in [2.05, 4.69) is 5.32 Å². The lowest BCUT2D eigenvalue weighted by atomic mass is 9.88. The standard InChI is InChI=1S/C20H35N3O5/c1-19(2,13-28-17-7-5-6-10-27-17)15(21)11-16(25)22-18(26)20(3,4)23-9-8-14(24)12-23/h11,14,17,21,24-25H,5-10,12-13H2,1-4H3,(H,22,26)/b16-11-,21-15?/t14-,17?/m0/s1. The maximum absolute atomic E-state index is 12.6. The van der Waals surface area contributed by atoms with Crippen LogP contribution < -0.4 is 5.32 Å². The first-order valence-corrected chi connectivity index (χ1v) is 10.00. The Bertz CT molecular complexity index is 597. The number of nitrogens with one attached hydrogen (secondary N) is 2. The third kappa shape index (κ3) is 6.01. The van der Waals surface area contributed by atoms with Crippen LogP contribution in [0.3, 0.4) is 0 Å². The molecule has 160 valence electrons. The fourth-order valence-electron chi connectivity index (χ4n) is 3.25. The van der Waals surface area contributed by atoms with Crippen molar-refractivity contribution in [1.82, 2.24) is 10.2 Å². The average Bonchev–Trinajstić information content (AvgIpc) is 3.08. The van der Waals surface area contributed by atoms with Crippen molar-refractivity contribution in [2.75, 3.05) is 26.3 Å². The minimum absolute atomic E-state index is 0.149. The Morgan fingerprint density at radius 1 is 1.32 bits per heavy atom. The second-order valence-electron chi connectivity index (χ2n) is 8.84. The maximum atomic E-state index is 12.6. The summed E-state index contributed by atoms with van der Waals surface area (Å²) in [5.74, 6) is -0.752. The van der Waals surface area contributed by atoms with E-state index in [1.54, 1.807) is 13.8 Å². The molecule has 0 bridgehead atoms. The summed E-state index contributed by atoms with van der Waals surface area (Å²) in [6, 6.07) is 0. The molecular weight excluding hydrogens is 362 g/mol. The van der Waals surface area contributed by atoms with Gasteiger partial charge in [0.15, 0.2) is 12.2 Å². The van der Waals surface area contributed by atoms with Gasteiger partial charge in [0.2, 0.25) is 5.91 Å². The van der Waals surface area contributed by atoms with E-state index in [4.69, 9.17) is 14.9 Å². The fraction of sp³-hybridized carbons (Fsp3) is 0.800. The minimum atomic E-state index is -0.877. The molecule has 2 aliphatic rings. The summed E-state index contributed by atoms with van der Waals surface area (Å²) in [5.41, 5.74) is -1.37. The number of ether oxygens (including phenoxy) is 2. The van der Waals surface area contributed by atoms with Gasteiger partial charge < -0.3 is 25.1 Å². The molecule has 2 atom stereocenters. The van der Waals surface area contributed by atoms with Crippen LogP contribution in [0.4, 0.5) is 0 Å². The van der Waals surface area contributed by atoms with Gasteiger partial charge in [0, 0.05) is 36.9 Å². The molecular formula is C20H35N3O5. The van der Waals surface area contributed by atoms with Crippen LogP contribution in [0.1, 0.15) is 53.4 Å². The largest absolute Gasteiger partial charge is 0.494 e. The Hall–Kier alpha value is -1.48. The number of aliphatic hydroxyl groups excluding tert-OH is 2.